The fraction of sp³-hybridized carbons (Fsp3) is 0.192. The van der Waals surface area contributed by atoms with Crippen LogP contribution in [0.1, 0.15) is 35.1 Å². The number of carbonyl (C=O) groups is 1. The van der Waals surface area contributed by atoms with Crippen LogP contribution in [-0.4, -0.2) is 38.8 Å². The second-order valence-electron chi connectivity index (χ2n) is 8.28. The molecule has 4 heterocycles. The van der Waals surface area contributed by atoms with Gasteiger partial charge in [0.25, 0.3) is 0 Å². The van der Waals surface area contributed by atoms with E-state index in [0.717, 1.165) is 47.1 Å². The lowest BCUT2D eigenvalue weighted by atomic mass is 9.99. The fourth-order valence-electron chi connectivity index (χ4n) is 4.00. The van der Waals surface area contributed by atoms with Crippen molar-refractivity contribution in [2.24, 2.45) is 0 Å². The van der Waals surface area contributed by atoms with E-state index in [1.165, 1.54) is 17.8 Å². The summed E-state index contributed by atoms with van der Waals surface area (Å²) in [5.74, 6) is -2.43. The molecule has 0 saturated carbocycles. The van der Waals surface area contributed by atoms with Gasteiger partial charge in [0.15, 0.2) is 10.9 Å². The summed E-state index contributed by atoms with van der Waals surface area (Å²) in [5, 5.41) is 2.96. The molecule has 0 aliphatic carbocycles. The van der Waals surface area contributed by atoms with Gasteiger partial charge in [0.1, 0.15) is 11.6 Å². The van der Waals surface area contributed by atoms with E-state index in [2.05, 4.69) is 26.8 Å². The molecule has 0 radical (unpaired) electrons. The van der Waals surface area contributed by atoms with Crippen LogP contribution < -0.4 is 4.90 Å². The highest BCUT2D eigenvalue weighted by Crippen LogP contribution is 2.32. The Morgan fingerprint density at radius 1 is 1.06 bits per heavy atom. The van der Waals surface area contributed by atoms with Crippen molar-refractivity contribution in [3.8, 4) is 11.3 Å². The number of ketones is 1. The molecule has 0 amide bonds. The van der Waals surface area contributed by atoms with Gasteiger partial charge in [-0.25, -0.2) is 13.8 Å². The standard InChI is InChI=1S/C26H21F2N5OS/c1-16-7-9-33(26-32-23(15-35-26)17-4-3-8-29-11-17)14-19(16)22-13-30-18(12-31-22)10-24(34)25-20(27)5-2-6-21(25)28/h2-6,8,11-13,15H,7,9-10,14H2,1H3. The average molecular weight is 490 g/mol. The summed E-state index contributed by atoms with van der Waals surface area (Å²) in [6.07, 6.45) is 7.28. The summed E-state index contributed by atoms with van der Waals surface area (Å²) >= 11 is 1.59. The summed E-state index contributed by atoms with van der Waals surface area (Å²) < 4.78 is 27.8. The van der Waals surface area contributed by atoms with E-state index in [1.54, 1.807) is 29.9 Å². The Morgan fingerprint density at radius 3 is 2.60 bits per heavy atom. The molecule has 0 fully saturated rings. The molecular formula is C26H21F2N5OS. The van der Waals surface area contributed by atoms with Crippen molar-refractivity contribution in [3.63, 3.8) is 0 Å². The fourth-order valence-corrected chi connectivity index (χ4v) is 4.86. The second kappa shape index (κ2) is 9.79. The van der Waals surface area contributed by atoms with Gasteiger partial charge in [-0.1, -0.05) is 11.6 Å². The van der Waals surface area contributed by atoms with Gasteiger partial charge in [0, 0.05) is 42.6 Å². The highest BCUT2D eigenvalue weighted by molar-refractivity contribution is 7.14. The molecule has 35 heavy (non-hydrogen) atoms. The zero-order valence-corrected chi connectivity index (χ0v) is 19.7. The van der Waals surface area contributed by atoms with Gasteiger partial charge in [0.2, 0.25) is 0 Å². The first-order valence-corrected chi connectivity index (χ1v) is 12.0. The summed E-state index contributed by atoms with van der Waals surface area (Å²) in [6, 6.07) is 7.24. The number of Topliss-reactive ketones (excluding diaryl/α,β-unsaturated/α-hetero) is 1. The topological polar surface area (TPSA) is 71.9 Å². The molecule has 1 aliphatic heterocycles. The van der Waals surface area contributed by atoms with Crippen molar-refractivity contribution >= 4 is 27.8 Å². The van der Waals surface area contributed by atoms with Crippen LogP contribution in [0.4, 0.5) is 13.9 Å². The molecule has 176 valence electrons. The van der Waals surface area contributed by atoms with Crippen LogP contribution in [0.15, 0.2) is 66.1 Å². The molecule has 0 N–H and O–H groups in total. The van der Waals surface area contributed by atoms with E-state index in [9.17, 15) is 13.6 Å². The first-order chi connectivity index (χ1) is 17.0. The van der Waals surface area contributed by atoms with Crippen LogP contribution in [-0.2, 0) is 6.42 Å². The van der Waals surface area contributed by atoms with Crippen LogP contribution in [0.25, 0.3) is 16.8 Å². The first-order valence-electron chi connectivity index (χ1n) is 11.1. The number of thiazole rings is 1. The molecule has 5 rings (SSSR count). The summed E-state index contributed by atoms with van der Waals surface area (Å²) in [6.45, 7) is 3.57. The van der Waals surface area contributed by atoms with E-state index >= 15 is 0 Å². The van der Waals surface area contributed by atoms with Crippen LogP contribution in [0.2, 0.25) is 0 Å². The number of rotatable bonds is 6. The van der Waals surface area contributed by atoms with E-state index in [0.29, 0.717) is 17.9 Å². The molecule has 0 saturated heterocycles. The predicted molar refractivity (Wildman–Crippen MR) is 131 cm³/mol. The average Bonchev–Trinajstić information content (AvgIpc) is 3.36. The van der Waals surface area contributed by atoms with Gasteiger partial charge >= 0.3 is 0 Å². The minimum atomic E-state index is -0.878. The predicted octanol–water partition coefficient (Wildman–Crippen LogP) is 5.38. The highest BCUT2D eigenvalue weighted by atomic mass is 32.1. The molecule has 3 aromatic heterocycles. The van der Waals surface area contributed by atoms with E-state index in [1.807, 2.05) is 17.5 Å². The van der Waals surface area contributed by atoms with Crippen LogP contribution in [0.3, 0.4) is 0 Å². The number of carbonyl (C=O) groups excluding carboxylic acids is 1. The Kier molecular flexibility index (Phi) is 6.41. The molecular weight excluding hydrogens is 468 g/mol. The monoisotopic (exact) mass is 489 g/mol. The number of hydrogen-bond acceptors (Lipinski definition) is 7. The Balaban J connectivity index is 1.31. The van der Waals surface area contributed by atoms with Gasteiger partial charge in [0.05, 0.1) is 35.3 Å². The number of nitrogens with zero attached hydrogens (tertiary/aromatic N) is 5. The molecule has 6 nitrogen and oxygen atoms in total. The minimum absolute atomic E-state index is 0.231. The summed E-state index contributed by atoms with van der Waals surface area (Å²) in [4.78, 5) is 32.5. The van der Waals surface area contributed by atoms with Crippen LogP contribution in [0.5, 0.6) is 0 Å². The number of hydrogen-bond donors (Lipinski definition) is 0. The molecule has 1 aromatic carbocycles. The molecule has 0 spiro atoms. The van der Waals surface area contributed by atoms with E-state index in [-0.39, 0.29) is 6.42 Å². The first kappa shape index (κ1) is 22.9. The Hall–Kier alpha value is -3.85. The molecule has 1 aliphatic rings. The molecule has 0 unspecified atom stereocenters. The van der Waals surface area contributed by atoms with Crippen molar-refractivity contribution in [2.75, 3.05) is 18.0 Å². The highest BCUT2D eigenvalue weighted by Gasteiger charge is 2.22. The van der Waals surface area contributed by atoms with Crippen molar-refractivity contribution in [3.05, 3.63) is 94.7 Å². The minimum Gasteiger partial charge on any atom is -0.343 e. The van der Waals surface area contributed by atoms with Crippen molar-refractivity contribution in [1.29, 1.82) is 0 Å². The molecule has 9 heteroatoms. The summed E-state index contributed by atoms with van der Waals surface area (Å²) in [5.41, 5.74) is 4.67. The molecule has 4 aromatic rings. The van der Waals surface area contributed by atoms with Crippen molar-refractivity contribution in [1.82, 2.24) is 19.9 Å². The number of anilines is 1. The smallest absolute Gasteiger partial charge is 0.186 e. The third-order valence-corrected chi connectivity index (χ3v) is 6.84. The van der Waals surface area contributed by atoms with Gasteiger partial charge in [-0.2, -0.15) is 0 Å². The Morgan fingerprint density at radius 2 is 1.89 bits per heavy atom. The second-order valence-corrected chi connectivity index (χ2v) is 9.11. The largest absolute Gasteiger partial charge is 0.343 e. The van der Waals surface area contributed by atoms with Crippen molar-refractivity contribution < 1.29 is 13.6 Å². The van der Waals surface area contributed by atoms with Crippen molar-refractivity contribution in [2.45, 2.75) is 19.8 Å². The zero-order valence-electron chi connectivity index (χ0n) is 18.9. The lowest BCUT2D eigenvalue weighted by Crippen LogP contribution is -2.31. The maximum absolute atomic E-state index is 13.9. The molecule has 0 atom stereocenters. The Bertz CT molecular complexity index is 1380. The van der Waals surface area contributed by atoms with Gasteiger partial charge < -0.3 is 4.90 Å². The van der Waals surface area contributed by atoms with Gasteiger partial charge in [-0.05, 0) is 43.2 Å². The number of pyridine rings is 1. The van der Waals surface area contributed by atoms with Gasteiger partial charge in [-0.15, -0.1) is 11.3 Å². The maximum Gasteiger partial charge on any atom is 0.186 e. The number of aromatic nitrogens is 4. The quantitative estimate of drug-likeness (QED) is 0.339. The summed E-state index contributed by atoms with van der Waals surface area (Å²) in [7, 11) is 0. The number of benzene rings is 1. The zero-order chi connectivity index (χ0) is 24.4. The SMILES string of the molecule is CC1=C(c2cnc(CC(=O)c3c(F)cccc3F)cn2)CN(c2nc(-c3cccnc3)cs2)CC1. The molecule has 0 bridgehead atoms. The number of halogens is 2. The van der Waals surface area contributed by atoms with E-state index < -0.39 is 23.0 Å². The maximum atomic E-state index is 13.9. The van der Waals surface area contributed by atoms with Gasteiger partial charge in [-0.3, -0.25) is 19.7 Å². The van der Waals surface area contributed by atoms with E-state index in [4.69, 9.17) is 4.98 Å². The lowest BCUT2D eigenvalue weighted by Gasteiger charge is -2.29. The van der Waals surface area contributed by atoms with Crippen LogP contribution in [0, 0.1) is 11.6 Å². The normalized spacial score (nSPS) is 13.9. The third kappa shape index (κ3) is 4.85. The lowest BCUT2D eigenvalue weighted by molar-refractivity contribution is 0.0983. The third-order valence-electron chi connectivity index (χ3n) is 5.94. The van der Waals surface area contributed by atoms with Crippen LogP contribution >= 0.6 is 11.3 Å². The Labute approximate surface area is 205 Å².